The molecule has 0 aromatic heterocycles. The second kappa shape index (κ2) is 12.5. The quantitative estimate of drug-likeness (QED) is 0.146. The molecule has 6 heterocycles. The fraction of sp³-hybridized carbons (Fsp3) is 0.641. The number of fused-ring (bicyclic) bond motifs is 10. The predicted octanol–water partition coefficient (Wildman–Crippen LogP) is -0.0803. The number of cyclic esters (lactones) is 12. The van der Waals surface area contributed by atoms with Gasteiger partial charge in [-0.25, -0.2) is 0 Å². The van der Waals surface area contributed by atoms with E-state index >= 15 is 0 Å². The second-order valence-corrected chi connectivity index (χ2v) is 17.3. The summed E-state index contributed by atoms with van der Waals surface area (Å²) in [4.78, 5) is 140. The van der Waals surface area contributed by atoms with Gasteiger partial charge in [-0.05, 0) is 68.6 Å². The highest BCUT2D eigenvalue weighted by atomic mass is 16.6. The first-order valence-corrected chi connectivity index (χ1v) is 19.4. The molecule has 14 atom stereocenters. The Balaban J connectivity index is 0.000000105. The molecule has 11 fully saturated rings. The van der Waals surface area contributed by atoms with Crippen LogP contribution in [0, 0.1) is 107 Å². The van der Waals surface area contributed by atoms with Gasteiger partial charge in [0.15, 0.2) is 0 Å². The second-order valence-electron chi connectivity index (χ2n) is 17.3. The average molecular weight is 791 g/mol. The maximum Gasteiger partial charge on any atom is 0.318 e. The minimum Gasteiger partial charge on any atom is -0.393 e. The van der Waals surface area contributed by atoms with Crippen molar-refractivity contribution in [2.75, 3.05) is 0 Å². The summed E-state index contributed by atoms with van der Waals surface area (Å²) in [6.45, 7) is 0. The Labute approximate surface area is 320 Å². The van der Waals surface area contributed by atoms with Crippen LogP contribution in [0.15, 0.2) is 12.2 Å². The van der Waals surface area contributed by atoms with E-state index in [-0.39, 0.29) is 59.4 Å². The molecule has 0 radical (unpaired) electrons. The largest absolute Gasteiger partial charge is 0.393 e. The SMILES string of the molecule is O=C1OC(=O)C2C3C=CC(C12)C1C(=O)OC(=O)C31.O=C1OC(=O)C2C3CC(C12)C1C(=O)OC(=O)C31.O=C1OC(=O)C2CC(C3CCC4C(=O)OC(=O)C4C3)CCC12. The molecule has 4 bridgehead atoms. The summed E-state index contributed by atoms with van der Waals surface area (Å²) < 4.78 is 28.0. The molecule has 6 saturated heterocycles. The van der Waals surface area contributed by atoms with Crippen molar-refractivity contribution in [1.29, 1.82) is 0 Å². The summed E-state index contributed by atoms with van der Waals surface area (Å²) in [6, 6.07) is 0. The molecule has 0 aromatic carbocycles. The summed E-state index contributed by atoms with van der Waals surface area (Å²) in [6.07, 6.45) is 8.54. The van der Waals surface area contributed by atoms with Crippen LogP contribution >= 0.6 is 0 Å². The van der Waals surface area contributed by atoms with E-state index in [9.17, 15) is 57.5 Å². The van der Waals surface area contributed by atoms with Crippen LogP contribution in [0.4, 0.5) is 0 Å². The monoisotopic (exact) mass is 790 g/mol. The van der Waals surface area contributed by atoms with Gasteiger partial charge < -0.3 is 28.4 Å². The van der Waals surface area contributed by atoms with E-state index in [1.54, 1.807) is 12.2 Å². The summed E-state index contributed by atoms with van der Waals surface area (Å²) >= 11 is 0. The summed E-state index contributed by atoms with van der Waals surface area (Å²) in [5.41, 5.74) is 0. The van der Waals surface area contributed by atoms with Crippen molar-refractivity contribution in [3.05, 3.63) is 12.2 Å². The Hall–Kier alpha value is -5.42. The molecule has 298 valence electrons. The van der Waals surface area contributed by atoms with Crippen LogP contribution in [-0.4, -0.2) is 71.6 Å². The molecular formula is C39H34O18. The Morgan fingerprint density at radius 1 is 0.298 bits per heavy atom. The number of allylic oxidation sites excluding steroid dienone is 2. The van der Waals surface area contributed by atoms with E-state index in [4.69, 9.17) is 9.47 Å². The molecule has 13 aliphatic rings. The normalized spacial score (nSPS) is 47.3. The van der Waals surface area contributed by atoms with Crippen LogP contribution < -0.4 is 0 Å². The molecule has 6 aliphatic heterocycles. The molecule has 18 nitrogen and oxygen atoms in total. The number of ether oxygens (including phenoxy) is 6. The minimum atomic E-state index is -0.632. The lowest BCUT2D eigenvalue weighted by atomic mass is 9.54. The van der Waals surface area contributed by atoms with Crippen LogP contribution in [0.1, 0.15) is 44.9 Å². The van der Waals surface area contributed by atoms with Crippen LogP contribution in [0.2, 0.25) is 0 Å². The molecule has 13 rings (SSSR count). The number of hydrogen-bond donors (Lipinski definition) is 0. The average Bonchev–Trinajstić information content (AvgIpc) is 4.07. The lowest BCUT2D eigenvalue weighted by Crippen LogP contribution is -2.50. The fourth-order valence-electron chi connectivity index (χ4n) is 12.8. The zero-order chi connectivity index (χ0) is 39.9. The van der Waals surface area contributed by atoms with E-state index in [0.29, 0.717) is 43.9 Å². The third-order valence-electron chi connectivity index (χ3n) is 15.2. The first-order valence-electron chi connectivity index (χ1n) is 19.4. The van der Waals surface area contributed by atoms with Gasteiger partial charge in [0, 0.05) is 11.8 Å². The number of carbonyl (C=O) groups is 12. The lowest BCUT2D eigenvalue weighted by molar-refractivity contribution is -0.158. The van der Waals surface area contributed by atoms with Crippen molar-refractivity contribution < 1.29 is 86.0 Å². The molecule has 14 unspecified atom stereocenters. The summed E-state index contributed by atoms with van der Waals surface area (Å²) in [5, 5.41) is 0. The van der Waals surface area contributed by atoms with Crippen LogP contribution in [-0.2, 0) is 86.0 Å². The summed E-state index contributed by atoms with van der Waals surface area (Å²) in [7, 11) is 0. The highest BCUT2D eigenvalue weighted by Gasteiger charge is 2.73. The van der Waals surface area contributed by atoms with E-state index < -0.39 is 107 Å². The van der Waals surface area contributed by atoms with Crippen LogP contribution in [0.3, 0.4) is 0 Å². The Morgan fingerprint density at radius 3 is 0.877 bits per heavy atom. The van der Waals surface area contributed by atoms with E-state index in [2.05, 4.69) is 18.9 Å². The molecule has 0 aromatic rings. The first-order chi connectivity index (χ1) is 27.2. The van der Waals surface area contributed by atoms with Crippen molar-refractivity contribution in [2.24, 2.45) is 107 Å². The van der Waals surface area contributed by atoms with Gasteiger partial charge in [-0.3, -0.25) is 57.5 Å². The van der Waals surface area contributed by atoms with Crippen LogP contribution in [0.25, 0.3) is 0 Å². The third-order valence-corrected chi connectivity index (χ3v) is 15.2. The Bertz CT molecular complexity index is 1840. The van der Waals surface area contributed by atoms with E-state index in [0.717, 1.165) is 12.8 Å². The fourth-order valence-corrected chi connectivity index (χ4v) is 12.8. The Kier molecular flexibility index (Phi) is 7.91. The molecule has 18 heteroatoms. The predicted molar refractivity (Wildman–Crippen MR) is 171 cm³/mol. The lowest BCUT2D eigenvalue weighted by Gasteiger charge is -2.42. The maximum atomic E-state index is 11.8. The smallest absolute Gasteiger partial charge is 0.318 e. The standard InChI is InChI=1S/C16H18O6.C12H8O6.C11H8O6/c17-13-9-3-1-7(5-11(9)15(19)21-13)8-2-4-10-12(6-8)16(20)22-14(10)18;13-9-5-3-1-2-4(7(5)11(15)17-9)8-6(3)10(14)18-12(8)16;12-8-4-2-1-3(6(4)10(14)16-8)7-5(2)9(13)17-11(7)15/h7-12H,1-6H2;1-8H;2-7H,1H2. The van der Waals surface area contributed by atoms with Gasteiger partial charge in [0.25, 0.3) is 0 Å². The van der Waals surface area contributed by atoms with Crippen molar-refractivity contribution in [3.63, 3.8) is 0 Å². The minimum absolute atomic E-state index is 0.257. The van der Waals surface area contributed by atoms with Crippen molar-refractivity contribution in [2.45, 2.75) is 44.9 Å². The summed E-state index contributed by atoms with van der Waals surface area (Å²) in [5.74, 6) is -12.6. The van der Waals surface area contributed by atoms with Gasteiger partial charge in [0.05, 0.1) is 71.0 Å². The molecule has 5 saturated carbocycles. The molecule has 57 heavy (non-hydrogen) atoms. The van der Waals surface area contributed by atoms with Gasteiger partial charge in [0.2, 0.25) is 0 Å². The Morgan fingerprint density at radius 2 is 0.561 bits per heavy atom. The number of esters is 12. The van der Waals surface area contributed by atoms with Gasteiger partial charge in [0.1, 0.15) is 0 Å². The van der Waals surface area contributed by atoms with Crippen molar-refractivity contribution >= 4 is 71.6 Å². The number of carbonyl (C=O) groups excluding carboxylic acids is 12. The first kappa shape index (κ1) is 36.0. The zero-order valence-corrected chi connectivity index (χ0v) is 29.8. The van der Waals surface area contributed by atoms with E-state index in [1.165, 1.54) is 0 Å². The molecule has 0 N–H and O–H groups in total. The highest BCUT2D eigenvalue weighted by molar-refractivity contribution is 6.04. The van der Waals surface area contributed by atoms with E-state index in [1.807, 2.05) is 0 Å². The molecular weight excluding hydrogens is 756 g/mol. The van der Waals surface area contributed by atoms with Gasteiger partial charge in [-0.2, -0.15) is 0 Å². The number of rotatable bonds is 1. The molecule has 0 spiro atoms. The van der Waals surface area contributed by atoms with Crippen molar-refractivity contribution in [3.8, 4) is 0 Å². The third kappa shape index (κ3) is 5.06. The number of hydrogen-bond acceptors (Lipinski definition) is 18. The van der Waals surface area contributed by atoms with Gasteiger partial charge in [-0.15, -0.1) is 0 Å². The zero-order valence-electron chi connectivity index (χ0n) is 29.8. The molecule has 0 amide bonds. The maximum absolute atomic E-state index is 11.8. The highest BCUT2D eigenvalue weighted by Crippen LogP contribution is 2.63. The topological polar surface area (TPSA) is 260 Å². The van der Waals surface area contributed by atoms with Gasteiger partial charge in [-0.1, -0.05) is 12.2 Å². The van der Waals surface area contributed by atoms with Gasteiger partial charge >= 0.3 is 71.6 Å². The molecule has 7 aliphatic carbocycles. The van der Waals surface area contributed by atoms with Crippen LogP contribution in [0.5, 0.6) is 0 Å². The van der Waals surface area contributed by atoms with Crippen molar-refractivity contribution in [1.82, 2.24) is 0 Å².